The van der Waals surface area contributed by atoms with Gasteiger partial charge in [0.15, 0.2) is 0 Å². The van der Waals surface area contributed by atoms with Crippen molar-refractivity contribution in [1.82, 2.24) is 20.3 Å². The Balaban J connectivity index is 1.61. The van der Waals surface area contributed by atoms with Crippen LogP contribution in [0, 0.1) is 5.92 Å². The highest BCUT2D eigenvalue weighted by Crippen LogP contribution is 2.32. The summed E-state index contributed by atoms with van der Waals surface area (Å²) in [5.41, 5.74) is 3.47. The summed E-state index contributed by atoms with van der Waals surface area (Å²) in [6.45, 7) is 5.17. The predicted molar refractivity (Wildman–Crippen MR) is 137 cm³/mol. The Hall–Kier alpha value is -3.68. The van der Waals surface area contributed by atoms with Gasteiger partial charge in [0.1, 0.15) is 23.7 Å². The van der Waals surface area contributed by atoms with E-state index in [4.69, 9.17) is 4.74 Å². The summed E-state index contributed by atoms with van der Waals surface area (Å²) in [4.78, 5) is 27.1. The first-order valence-corrected chi connectivity index (χ1v) is 11.4. The molecule has 1 aromatic carbocycles. The molecule has 0 aliphatic carbocycles. The number of hydrogen-bond acceptors (Lipinski definition) is 7. The zero-order chi connectivity index (χ0) is 24.7. The molecule has 3 aromatic rings. The molecule has 0 aliphatic heterocycles. The van der Waals surface area contributed by atoms with Gasteiger partial charge >= 0.3 is 0 Å². The Morgan fingerprint density at radius 1 is 1.09 bits per heavy atom. The fourth-order valence-electron chi connectivity index (χ4n) is 3.91. The Labute approximate surface area is 201 Å². The minimum absolute atomic E-state index is 0.122. The van der Waals surface area contributed by atoms with Crippen molar-refractivity contribution < 1.29 is 9.53 Å². The largest absolute Gasteiger partial charge is 0.496 e. The lowest BCUT2D eigenvalue weighted by atomic mass is 9.89. The number of benzene rings is 1. The van der Waals surface area contributed by atoms with Crippen molar-refractivity contribution in [3.63, 3.8) is 0 Å². The van der Waals surface area contributed by atoms with Gasteiger partial charge in [-0.2, -0.15) is 0 Å². The standard InChI is InChI=1S/C26H34N6O2/c1-17(11-18(2)21-9-7-19(26(33)27-3)12-23(21)34-6)14-28-24-13-22(30-16-31-24)20-8-10-25(29-15-20)32(4)5/h7-10,12-13,15-18H,11,14H2,1-6H3,(H,27,33)(H,28,30,31). The van der Waals surface area contributed by atoms with Crippen LogP contribution in [0.1, 0.15) is 42.1 Å². The molecule has 8 heteroatoms. The molecule has 2 heterocycles. The van der Waals surface area contributed by atoms with E-state index in [-0.39, 0.29) is 11.8 Å². The lowest BCUT2D eigenvalue weighted by Crippen LogP contribution is -2.18. The molecule has 2 unspecified atom stereocenters. The number of methoxy groups -OCH3 is 1. The van der Waals surface area contributed by atoms with Gasteiger partial charge in [-0.05, 0) is 48.1 Å². The number of nitrogens with one attached hydrogen (secondary N) is 2. The van der Waals surface area contributed by atoms with Crippen molar-refractivity contribution in [2.24, 2.45) is 5.92 Å². The van der Waals surface area contributed by atoms with Gasteiger partial charge in [-0.25, -0.2) is 15.0 Å². The second-order valence-electron chi connectivity index (χ2n) is 8.75. The number of aromatic nitrogens is 3. The Morgan fingerprint density at radius 2 is 1.88 bits per heavy atom. The third-order valence-electron chi connectivity index (χ3n) is 5.81. The molecular formula is C26H34N6O2. The van der Waals surface area contributed by atoms with Gasteiger partial charge in [0.25, 0.3) is 5.91 Å². The topological polar surface area (TPSA) is 92.3 Å². The van der Waals surface area contributed by atoms with Crippen LogP contribution in [0.4, 0.5) is 11.6 Å². The Kier molecular flexibility index (Phi) is 8.40. The first-order valence-electron chi connectivity index (χ1n) is 11.4. The van der Waals surface area contributed by atoms with E-state index >= 15 is 0 Å². The first-order chi connectivity index (χ1) is 16.3. The van der Waals surface area contributed by atoms with Crippen molar-refractivity contribution in [3.8, 4) is 17.0 Å². The summed E-state index contributed by atoms with van der Waals surface area (Å²) >= 11 is 0. The van der Waals surface area contributed by atoms with Crippen LogP contribution in [0.3, 0.4) is 0 Å². The monoisotopic (exact) mass is 462 g/mol. The molecule has 0 saturated heterocycles. The number of rotatable bonds is 10. The number of anilines is 2. The van der Waals surface area contributed by atoms with Crippen LogP contribution in [-0.4, -0.2) is 55.7 Å². The first kappa shape index (κ1) is 25.0. The zero-order valence-electron chi connectivity index (χ0n) is 20.8. The normalized spacial score (nSPS) is 12.5. The summed E-state index contributed by atoms with van der Waals surface area (Å²) in [6, 6.07) is 11.6. The van der Waals surface area contributed by atoms with E-state index in [1.165, 1.54) is 0 Å². The van der Waals surface area contributed by atoms with Crippen LogP contribution >= 0.6 is 0 Å². The van der Waals surface area contributed by atoms with Crippen LogP contribution < -0.4 is 20.3 Å². The molecule has 1 amide bonds. The fraction of sp³-hybridized carbons (Fsp3) is 0.385. The van der Waals surface area contributed by atoms with Gasteiger partial charge in [0, 0.05) is 51.1 Å². The van der Waals surface area contributed by atoms with Crippen LogP contribution in [0.2, 0.25) is 0 Å². The molecule has 2 atom stereocenters. The second-order valence-corrected chi connectivity index (χ2v) is 8.75. The number of hydrogen-bond donors (Lipinski definition) is 2. The smallest absolute Gasteiger partial charge is 0.251 e. The van der Waals surface area contributed by atoms with Gasteiger partial charge in [0.2, 0.25) is 0 Å². The van der Waals surface area contributed by atoms with Gasteiger partial charge in [-0.3, -0.25) is 4.79 Å². The van der Waals surface area contributed by atoms with E-state index in [1.807, 2.05) is 55.5 Å². The predicted octanol–water partition coefficient (Wildman–Crippen LogP) is 4.21. The van der Waals surface area contributed by atoms with E-state index in [0.717, 1.165) is 47.2 Å². The molecule has 0 bridgehead atoms. The fourth-order valence-corrected chi connectivity index (χ4v) is 3.91. The lowest BCUT2D eigenvalue weighted by Gasteiger charge is -2.21. The number of carbonyl (C=O) groups excluding carboxylic acids is 1. The summed E-state index contributed by atoms with van der Waals surface area (Å²) in [6.07, 6.45) is 4.36. The molecule has 2 N–H and O–H groups in total. The third-order valence-corrected chi connectivity index (χ3v) is 5.81. The van der Waals surface area contributed by atoms with Gasteiger partial charge in [0.05, 0.1) is 12.8 Å². The van der Waals surface area contributed by atoms with E-state index in [2.05, 4.69) is 39.4 Å². The summed E-state index contributed by atoms with van der Waals surface area (Å²) < 4.78 is 5.57. The Bertz CT molecular complexity index is 1100. The van der Waals surface area contributed by atoms with Crippen LogP contribution in [0.5, 0.6) is 5.75 Å². The highest BCUT2D eigenvalue weighted by Gasteiger charge is 2.17. The number of amides is 1. The molecule has 0 radical (unpaired) electrons. The summed E-state index contributed by atoms with van der Waals surface area (Å²) in [5.74, 6) is 2.96. The molecule has 180 valence electrons. The van der Waals surface area contributed by atoms with E-state index in [0.29, 0.717) is 11.5 Å². The summed E-state index contributed by atoms with van der Waals surface area (Å²) in [7, 11) is 7.19. The molecular weight excluding hydrogens is 428 g/mol. The van der Waals surface area contributed by atoms with Gasteiger partial charge in [-0.15, -0.1) is 0 Å². The molecule has 0 aliphatic rings. The molecule has 34 heavy (non-hydrogen) atoms. The number of ether oxygens (including phenoxy) is 1. The molecule has 2 aromatic heterocycles. The van der Waals surface area contributed by atoms with Crippen molar-refractivity contribution in [3.05, 3.63) is 60.0 Å². The molecule has 0 spiro atoms. The lowest BCUT2D eigenvalue weighted by molar-refractivity contribution is 0.0962. The van der Waals surface area contributed by atoms with Gasteiger partial charge < -0.3 is 20.3 Å². The van der Waals surface area contributed by atoms with E-state index < -0.39 is 0 Å². The summed E-state index contributed by atoms with van der Waals surface area (Å²) in [5, 5.41) is 6.09. The highest BCUT2D eigenvalue weighted by atomic mass is 16.5. The van der Waals surface area contributed by atoms with Crippen LogP contribution in [-0.2, 0) is 0 Å². The van der Waals surface area contributed by atoms with Crippen molar-refractivity contribution in [2.45, 2.75) is 26.2 Å². The van der Waals surface area contributed by atoms with Crippen LogP contribution in [0.25, 0.3) is 11.3 Å². The van der Waals surface area contributed by atoms with Gasteiger partial charge in [-0.1, -0.05) is 19.9 Å². The second kappa shape index (κ2) is 11.4. The maximum Gasteiger partial charge on any atom is 0.251 e. The van der Waals surface area contributed by atoms with Crippen LogP contribution in [0.15, 0.2) is 48.9 Å². The molecule has 0 saturated carbocycles. The quantitative estimate of drug-likeness (QED) is 0.466. The average Bonchev–Trinajstić information content (AvgIpc) is 2.86. The van der Waals surface area contributed by atoms with Crippen molar-refractivity contribution in [2.75, 3.05) is 45.0 Å². The van der Waals surface area contributed by atoms with Crippen molar-refractivity contribution in [1.29, 1.82) is 0 Å². The van der Waals surface area contributed by atoms with E-state index in [9.17, 15) is 4.79 Å². The average molecular weight is 463 g/mol. The minimum Gasteiger partial charge on any atom is -0.496 e. The minimum atomic E-state index is -0.122. The van der Waals surface area contributed by atoms with Crippen molar-refractivity contribution >= 4 is 17.5 Å². The molecule has 0 fully saturated rings. The molecule has 3 rings (SSSR count). The maximum absolute atomic E-state index is 11.9. The number of nitrogens with zero attached hydrogens (tertiary/aromatic N) is 4. The highest BCUT2D eigenvalue weighted by molar-refractivity contribution is 5.94. The maximum atomic E-state index is 11.9. The number of pyridine rings is 1. The molecule has 8 nitrogen and oxygen atoms in total. The SMILES string of the molecule is CNC(=O)c1ccc(C(C)CC(C)CNc2cc(-c3ccc(N(C)C)nc3)ncn2)c(OC)c1. The van der Waals surface area contributed by atoms with E-state index in [1.54, 1.807) is 26.6 Å². The Morgan fingerprint density at radius 3 is 2.53 bits per heavy atom. The number of carbonyl (C=O) groups is 1. The zero-order valence-corrected chi connectivity index (χ0v) is 20.8. The third kappa shape index (κ3) is 6.21.